The van der Waals surface area contributed by atoms with Crippen molar-refractivity contribution in [3.05, 3.63) is 18.2 Å². The van der Waals surface area contributed by atoms with Crippen molar-refractivity contribution < 1.29 is 19.1 Å². The summed E-state index contributed by atoms with van der Waals surface area (Å²) in [7, 11) is 3.10. The normalized spacial score (nSPS) is 17.8. The minimum atomic E-state index is -0.529. The predicted octanol–water partition coefficient (Wildman–Crippen LogP) is -0.116. The van der Waals surface area contributed by atoms with Gasteiger partial charge in [0.15, 0.2) is 0 Å². The lowest BCUT2D eigenvalue weighted by atomic mass is 10.2. The number of amides is 2. The van der Waals surface area contributed by atoms with E-state index in [2.05, 4.69) is 5.32 Å². The van der Waals surface area contributed by atoms with Gasteiger partial charge in [0.05, 0.1) is 26.5 Å². The predicted molar refractivity (Wildman–Crippen MR) is 77.5 cm³/mol. The van der Waals surface area contributed by atoms with Gasteiger partial charge in [0.1, 0.15) is 17.5 Å². The summed E-state index contributed by atoms with van der Waals surface area (Å²) in [5.74, 6) is 0.712. The summed E-state index contributed by atoms with van der Waals surface area (Å²) in [5, 5.41) is 2.62. The number of methoxy groups -OCH3 is 2. The van der Waals surface area contributed by atoms with E-state index in [9.17, 15) is 9.59 Å². The second-order valence-electron chi connectivity index (χ2n) is 4.67. The molecule has 0 radical (unpaired) electrons. The van der Waals surface area contributed by atoms with Gasteiger partial charge < -0.3 is 25.4 Å². The van der Waals surface area contributed by atoms with Gasteiger partial charge in [0.25, 0.3) is 0 Å². The van der Waals surface area contributed by atoms with Gasteiger partial charge in [-0.05, 0) is 6.42 Å². The summed E-state index contributed by atoms with van der Waals surface area (Å²) in [6.07, 6.45) is 0.546. The van der Waals surface area contributed by atoms with Crippen molar-refractivity contribution in [3.63, 3.8) is 0 Å². The highest BCUT2D eigenvalue weighted by atomic mass is 16.5. The van der Waals surface area contributed by atoms with Gasteiger partial charge in [0.2, 0.25) is 11.8 Å². The third kappa shape index (κ3) is 3.25. The van der Waals surface area contributed by atoms with Crippen LogP contribution in [0.2, 0.25) is 0 Å². The van der Waals surface area contributed by atoms with Crippen molar-refractivity contribution in [3.8, 4) is 11.5 Å². The molecule has 0 aromatic heterocycles. The second kappa shape index (κ2) is 6.45. The number of rotatable bonds is 5. The number of hydrogen-bond donors (Lipinski definition) is 2. The molecule has 7 nitrogen and oxygen atoms in total. The van der Waals surface area contributed by atoms with Crippen LogP contribution in [0.1, 0.15) is 6.42 Å². The van der Waals surface area contributed by atoms with Crippen LogP contribution < -0.4 is 25.4 Å². The van der Waals surface area contributed by atoms with Gasteiger partial charge in [-0.1, -0.05) is 0 Å². The fraction of sp³-hybridized carbons (Fsp3) is 0.429. The van der Waals surface area contributed by atoms with E-state index in [4.69, 9.17) is 15.2 Å². The molecule has 1 fully saturated rings. The number of carbonyl (C=O) groups is 2. The Balaban J connectivity index is 2.19. The lowest BCUT2D eigenvalue weighted by Gasteiger charge is -2.19. The Labute approximate surface area is 123 Å². The van der Waals surface area contributed by atoms with E-state index in [0.29, 0.717) is 30.2 Å². The van der Waals surface area contributed by atoms with Crippen LogP contribution in [0.3, 0.4) is 0 Å². The molecule has 1 aliphatic heterocycles. The van der Waals surface area contributed by atoms with Crippen molar-refractivity contribution in [2.75, 3.05) is 32.2 Å². The molecule has 114 valence electrons. The Morgan fingerprint density at radius 2 is 1.95 bits per heavy atom. The Morgan fingerprint density at radius 3 is 2.48 bits per heavy atom. The number of nitrogens with zero attached hydrogens (tertiary/aromatic N) is 1. The van der Waals surface area contributed by atoms with E-state index < -0.39 is 6.04 Å². The van der Waals surface area contributed by atoms with Crippen molar-refractivity contribution in [1.82, 2.24) is 5.32 Å². The number of benzene rings is 1. The lowest BCUT2D eigenvalue weighted by Crippen LogP contribution is -2.43. The minimum absolute atomic E-state index is 0.128. The monoisotopic (exact) mass is 293 g/mol. The average molecular weight is 293 g/mol. The molecule has 21 heavy (non-hydrogen) atoms. The zero-order valence-corrected chi connectivity index (χ0v) is 12.1. The maximum absolute atomic E-state index is 12.3. The van der Waals surface area contributed by atoms with Crippen molar-refractivity contribution in [2.45, 2.75) is 12.5 Å². The first kappa shape index (κ1) is 15.1. The van der Waals surface area contributed by atoms with Crippen LogP contribution in [0.15, 0.2) is 18.2 Å². The van der Waals surface area contributed by atoms with Crippen LogP contribution in [-0.4, -0.2) is 45.2 Å². The molecule has 0 bridgehead atoms. The van der Waals surface area contributed by atoms with Crippen LogP contribution in [0.5, 0.6) is 11.5 Å². The zero-order chi connectivity index (χ0) is 15.4. The first-order valence-corrected chi connectivity index (χ1v) is 6.63. The van der Waals surface area contributed by atoms with Crippen LogP contribution in [0.25, 0.3) is 0 Å². The Morgan fingerprint density at radius 1 is 1.33 bits per heavy atom. The van der Waals surface area contributed by atoms with E-state index >= 15 is 0 Å². The quantitative estimate of drug-likeness (QED) is 0.789. The van der Waals surface area contributed by atoms with E-state index in [1.54, 1.807) is 37.3 Å². The molecule has 0 saturated carbocycles. The molecule has 0 aliphatic carbocycles. The van der Waals surface area contributed by atoms with Crippen LogP contribution >= 0.6 is 0 Å². The fourth-order valence-electron chi connectivity index (χ4n) is 2.27. The summed E-state index contributed by atoms with van der Waals surface area (Å²) in [6.45, 7) is 0.390. The third-order valence-electron chi connectivity index (χ3n) is 3.37. The number of carbonyl (C=O) groups excluding carboxylic acids is 2. The Kier molecular flexibility index (Phi) is 4.64. The highest BCUT2D eigenvalue weighted by Gasteiger charge is 2.33. The molecule has 2 amide bonds. The van der Waals surface area contributed by atoms with Gasteiger partial charge in [0, 0.05) is 24.7 Å². The number of nitrogens with two attached hydrogens (primary N) is 1. The van der Waals surface area contributed by atoms with Crippen LogP contribution in [0, 0.1) is 0 Å². The van der Waals surface area contributed by atoms with Crippen molar-refractivity contribution in [2.24, 2.45) is 5.73 Å². The number of ether oxygens (including phenoxy) is 2. The molecule has 1 aliphatic rings. The standard InChI is InChI=1S/C14H19N3O4/c1-20-10-5-9(6-11(7-10)21-2)17-4-3-12(14(17)19)16-13(18)8-15/h5-7,12H,3-4,8,15H2,1-2H3,(H,16,18). The smallest absolute Gasteiger partial charge is 0.249 e. The molecule has 1 atom stereocenters. The van der Waals surface area contributed by atoms with Gasteiger partial charge in [-0.15, -0.1) is 0 Å². The summed E-state index contributed by atoms with van der Waals surface area (Å²) in [4.78, 5) is 25.3. The van der Waals surface area contributed by atoms with Gasteiger partial charge in [-0.2, -0.15) is 0 Å². The number of hydrogen-bond acceptors (Lipinski definition) is 5. The van der Waals surface area contributed by atoms with E-state index in [1.807, 2.05) is 0 Å². The molecule has 3 N–H and O–H groups in total. The third-order valence-corrected chi connectivity index (χ3v) is 3.37. The topological polar surface area (TPSA) is 93.9 Å². The molecule has 1 saturated heterocycles. The zero-order valence-electron chi connectivity index (χ0n) is 12.1. The van der Waals surface area contributed by atoms with E-state index in [1.165, 1.54) is 0 Å². The van der Waals surface area contributed by atoms with Gasteiger partial charge in [-0.25, -0.2) is 0 Å². The molecular weight excluding hydrogens is 274 g/mol. The Bertz CT molecular complexity index is 525. The van der Waals surface area contributed by atoms with E-state index in [-0.39, 0.29) is 18.4 Å². The van der Waals surface area contributed by atoms with Crippen LogP contribution in [-0.2, 0) is 9.59 Å². The second-order valence-corrected chi connectivity index (χ2v) is 4.67. The first-order valence-electron chi connectivity index (χ1n) is 6.63. The fourth-order valence-corrected chi connectivity index (χ4v) is 2.27. The number of nitrogens with one attached hydrogen (secondary N) is 1. The van der Waals surface area contributed by atoms with Gasteiger partial charge >= 0.3 is 0 Å². The minimum Gasteiger partial charge on any atom is -0.497 e. The summed E-state index contributed by atoms with van der Waals surface area (Å²) >= 11 is 0. The molecule has 1 aromatic rings. The SMILES string of the molecule is COc1cc(OC)cc(N2CCC(NC(=O)CN)C2=O)c1. The van der Waals surface area contributed by atoms with Crippen molar-refractivity contribution >= 4 is 17.5 Å². The Hall–Kier alpha value is -2.28. The summed E-state index contributed by atoms with van der Waals surface area (Å²) < 4.78 is 10.4. The highest BCUT2D eigenvalue weighted by molar-refractivity contribution is 6.01. The molecule has 7 heteroatoms. The summed E-state index contributed by atoms with van der Waals surface area (Å²) in [5.41, 5.74) is 5.93. The maximum atomic E-state index is 12.3. The lowest BCUT2D eigenvalue weighted by molar-refractivity contribution is -0.125. The molecule has 2 rings (SSSR count). The molecule has 1 unspecified atom stereocenters. The molecule has 1 aromatic carbocycles. The van der Waals surface area contributed by atoms with E-state index in [0.717, 1.165) is 0 Å². The number of anilines is 1. The largest absolute Gasteiger partial charge is 0.497 e. The molecular formula is C14H19N3O4. The van der Waals surface area contributed by atoms with Gasteiger partial charge in [-0.3, -0.25) is 9.59 Å². The molecule has 0 spiro atoms. The first-order chi connectivity index (χ1) is 10.1. The van der Waals surface area contributed by atoms with Crippen molar-refractivity contribution in [1.29, 1.82) is 0 Å². The summed E-state index contributed by atoms with van der Waals surface area (Å²) in [6, 6.07) is 4.72. The van der Waals surface area contributed by atoms with Crippen LogP contribution in [0.4, 0.5) is 5.69 Å². The highest BCUT2D eigenvalue weighted by Crippen LogP contribution is 2.30. The average Bonchev–Trinajstić information content (AvgIpc) is 2.87. The maximum Gasteiger partial charge on any atom is 0.249 e. The molecule has 1 heterocycles.